The molecule has 0 aromatic rings. The molecule has 0 aliphatic carbocycles. The van der Waals surface area contributed by atoms with E-state index in [0.717, 1.165) is 6.08 Å². The fourth-order valence-corrected chi connectivity index (χ4v) is 0.518. The molecule has 12 heavy (non-hydrogen) atoms. The molecule has 0 unspecified atom stereocenters. The second-order valence-corrected chi connectivity index (χ2v) is 1.85. The van der Waals surface area contributed by atoms with Crippen molar-refractivity contribution in [2.45, 2.75) is 0 Å². The van der Waals surface area contributed by atoms with Crippen LogP contribution >= 0.6 is 0 Å². The van der Waals surface area contributed by atoms with Crippen LogP contribution in [0.3, 0.4) is 0 Å². The average molecular weight is 172 g/mol. The second kappa shape index (κ2) is 5.09. The molecule has 0 aliphatic rings. The van der Waals surface area contributed by atoms with Crippen LogP contribution in [-0.4, -0.2) is 33.7 Å². The molecule has 0 radical (unpaired) electrons. The molecule has 0 spiro atoms. The van der Waals surface area contributed by atoms with Crippen molar-refractivity contribution in [3.63, 3.8) is 0 Å². The number of hydrogen-bond acceptors (Lipinski definition) is 4. The zero-order valence-corrected chi connectivity index (χ0v) is 6.10. The molecular weight excluding hydrogens is 164 g/mol. The fourth-order valence-electron chi connectivity index (χ4n) is 0.518. The van der Waals surface area contributed by atoms with Gasteiger partial charge in [0, 0.05) is 17.7 Å². The van der Waals surface area contributed by atoms with Gasteiger partial charge in [-0.25, -0.2) is 4.79 Å². The molecule has 0 amide bonds. The van der Waals surface area contributed by atoms with E-state index >= 15 is 0 Å². The first kappa shape index (κ1) is 10.4. The third kappa shape index (κ3) is 3.52. The molecule has 0 saturated carbocycles. The SMILES string of the molecule is O=C(O)/C=C(/CO)C(=O)/C=C\O. The molecular formula is C7H8O5. The molecule has 0 fully saturated rings. The molecule has 0 aromatic heterocycles. The van der Waals surface area contributed by atoms with Crippen LogP contribution < -0.4 is 0 Å². The predicted molar refractivity (Wildman–Crippen MR) is 39.6 cm³/mol. The van der Waals surface area contributed by atoms with E-state index in [2.05, 4.69) is 0 Å². The van der Waals surface area contributed by atoms with Gasteiger partial charge in [-0.15, -0.1) is 0 Å². The predicted octanol–water partition coefficient (Wildman–Crippen LogP) is -0.369. The highest BCUT2D eigenvalue weighted by Crippen LogP contribution is 1.96. The lowest BCUT2D eigenvalue weighted by molar-refractivity contribution is -0.131. The van der Waals surface area contributed by atoms with Crippen molar-refractivity contribution in [2.24, 2.45) is 0 Å². The van der Waals surface area contributed by atoms with E-state index in [-0.39, 0.29) is 5.57 Å². The molecule has 5 nitrogen and oxygen atoms in total. The minimum atomic E-state index is -1.32. The van der Waals surface area contributed by atoms with E-state index in [0.29, 0.717) is 12.3 Å². The number of hydrogen-bond donors (Lipinski definition) is 3. The number of allylic oxidation sites excluding steroid dienone is 1. The lowest BCUT2D eigenvalue weighted by Gasteiger charge is -1.94. The Hall–Kier alpha value is -1.62. The van der Waals surface area contributed by atoms with Gasteiger partial charge in [-0.2, -0.15) is 0 Å². The van der Waals surface area contributed by atoms with Crippen LogP contribution in [0.25, 0.3) is 0 Å². The summed E-state index contributed by atoms with van der Waals surface area (Å²) in [5, 5.41) is 24.9. The van der Waals surface area contributed by atoms with Crippen LogP contribution in [0.15, 0.2) is 24.0 Å². The van der Waals surface area contributed by atoms with Crippen molar-refractivity contribution in [1.82, 2.24) is 0 Å². The highest BCUT2D eigenvalue weighted by atomic mass is 16.4. The van der Waals surface area contributed by atoms with E-state index < -0.39 is 18.4 Å². The van der Waals surface area contributed by atoms with Crippen molar-refractivity contribution < 1.29 is 24.9 Å². The largest absolute Gasteiger partial charge is 0.515 e. The van der Waals surface area contributed by atoms with Gasteiger partial charge in [-0.1, -0.05) is 0 Å². The summed E-state index contributed by atoms with van der Waals surface area (Å²) in [5.74, 6) is -2.05. The fraction of sp³-hybridized carbons (Fsp3) is 0.143. The van der Waals surface area contributed by atoms with Crippen molar-refractivity contribution in [3.8, 4) is 0 Å². The van der Waals surface area contributed by atoms with Gasteiger partial charge in [0.15, 0.2) is 5.78 Å². The number of carbonyl (C=O) groups excluding carboxylic acids is 1. The van der Waals surface area contributed by atoms with Crippen LogP contribution in [0.2, 0.25) is 0 Å². The zero-order valence-electron chi connectivity index (χ0n) is 6.10. The van der Waals surface area contributed by atoms with E-state index in [1.807, 2.05) is 0 Å². The first-order chi connectivity index (χ1) is 5.61. The van der Waals surface area contributed by atoms with E-state index in [1.54, 1.807) is 0 Å². The smallest absolute Gasteiger partial charge is 0.328 e. The summed E-state index contributed by atoms with van der Waals surface area (Å²) in [4.78, 5) is 20.8. The van der Waals surface area contributed by atoms with Gasteiger partial charge in [-0.05, 0) is 0 Å². The van der Waals surface area contributed by atoms with Gasteiger partial charge in [0.25, 0.3) is 0 Å². The molecule has 66 valence electrons. The van der Waals surface area contributed by atoms with Crippen LogP contribution in [0.5, 0.6) is 0 Å². The lowest BCUT2D eigenvalue weighted by Crippen LogP contribution is -2.06. The van der Waals surface area contributed by atoms with Crippen LogP contribution in [0, 0.1) is 0 Å². The molecule has 0 saturated heterocycles. The molecule has 3 N–H and O–H groups in total. The van der Waals surface area contributed by atoms with Gasteiger partial charge in [0.05, 0.1) is 12.9 Å². The maximum atomic E-state index is 10.8. The Bertz CT molecular complexity index is 238. The van der Waals surface area contributed by atoms with Gasteiger partial charge in [0.2, 0.25) is 0 Å². The Morgan fingerprint density at radius 2 is 1.92 bits per heavy atom. The summed E-state index contributed by atoms with van der Waals surface area (Å²) >= 11 is 0. The van der Waals surface area contributed by atoms with Gasteiger partial charge in [-0.3, -0.25) is 4.79 Å². The summed E-state index contributed by atoms with van der Waals surface area (Å²) in [6.07, 6.45) is 1.82. The Morgan fingerprint density at radius 3 is 2.25 bits per heavy atom. The zero-order chi connectivity index (χ0) is 9.56. The molecule has 0 heterocycles. The number of carbonyl (C=O) groups is 2. The molecule has 0 aliphatic heterocycles. The molecule has 0 aromatic carbocycles. The number of aliphatic carboxylic acids is 1. The minimum Gasteiger partial charge on any atom is -0.515 e. The number of aliphatic hydroxyl groups excluding tert-OH is 2. The third-order valence-corrected chi connectivity index (χ3v) is 1.01. The topological polar surface area (TPSA) is 94.8 Å². The standard InChI is InChI=1S/C7H8O5/c8-2-1-6(10)5(4-9)3-7(11)12/h1-3,8-9H,4H2,(H,11,12)/b2-1-,5-3-. The van der Waals surface area contributed by atoms with Crippen molar-refractivity contribution >= 4 is 11.8 Å². The number of aliphatic hydroxyl groups is 2. The maximum Gasteiger partial charge on any atom is 0.328 e. The van der Waals surface area contributed by atoms with Crippen LogP contribution in [0.1, 0.15) is 0 Å². The van der Waals surface area contributed by atoms with Gasteiger partial charge in [0.1, 0.15) is 0 Å². The Morgan fingerprint density at radius 1 is 1.33 bits per heavy atom. The molecule has 0 rings (SSSR count). The average Bonchev–Trinajstić information content (AvgIpc) is 2.00. The summed E-state index contributed by atoms with van der Waals surface area (Å²) < 4.78 is 0. The Balaban J connectivity index is 4.56. The second-order valence-electron chi connectivity index (χ2n) is 1.85. The number of carboxylic acid groups (broad SMARTS) is 1. The summed E-state index contributed by atoms with van der Waals surface area (Å²) in [6.45, 7) is -0.671. The number of rotatable bonds is 4. The highest BCUT2D eigenvalue weighted by molar-refractivity contribution is 6.07. The summed E-state index contributed by atoms with van der Waals surface area (Å²) in [6, 6.07) is 0. The highest BCUT2D eigenvalue weighted by Gasteiger charge is 2.06. The van der Waals surface area contributed by atoms with Gasteiger partial charge >= 0.3 is 5.97 Å². The molecule has 0 atom stereocenters. The molecule has 5 heteroatoms. The van der Waals surface area contributed by atoms with Gasteiger partial charge < -0.3 is 15.3 Å². The first-order valence-corrected chi connectivity index (χ1v) is 3.01. The van der Waals surface area contributed by atoms with E-state index in [4.69, 9.17) is 15.3 Å². The monoisotopic (exact) mass is 172 g/mol. The van der Waals surface area contributed by atoms with Crippen molar-refractivity contribution in [2.75, 3.05) is 6.61 Å². The maximum absolute atomic E-state index is 10.8. The third-order valence-electron chi connectivity index (χ3n) is 1.01. The Labute approximate surface area is 68.3 Å². The normalized spacial score (nSPS) is 11.9. The summed E-state index contributed by atoms with van der Waals surface area (Å²) in [7, 11) is 0. The van der Waals surface area contributed by atoms with E-state index in [9.17, 15) is 9.59 Å². The minimum absolute atomic E-state index is 0.284. The van der Waals surface area contributed by atoms with Crippen LogP contribution in [0.4, 0.5) is 0 Å². The van der Waals surface area contributed by atoms with E-state index in [1.165, 1.54) is 0 Å². The van der Waals surface area contributed by atoms with Crippen molar-refractivity contribution in [1.29, 1.82) is 0 Å². The Kier molecular flexibility index (Phi) is 4.40. The van der Waals surface area contributed by atoms with Crippen LogP contribution in [-0.2, 0) is 9.59 Å². The number of ketones is 1. The van der Waals surface area contributed by atoms with Crippen molar-refractivity contribution in [3.05, 3.63) is 24.0 Å². The first-order valence-electron chi connectivity index (χ1n) is 3.01. The molecule has 0 bridgehead atoms. The quantitative estimate of drug-likeness (QED) is 0.397. The number of carboxylic acids is 1. The summed E-state index contributed by atoms with van der Waals surface area (Å²) in [5.41, 5.74) is -0.284. The lowest BCUT2D eigenvalue weighted by atomic mass is 10.1.